The summed E-state index contributed by atoms with van der Waals surface area (Å²) in [5, 5.41) is 5.32. The second kappa shape index (κ2) is 8.47. The molecule has 0 bridgehead atoms. The first-order chi connectivity index (χ1) is 11.4. The van der Waals surface area contributed by atoms with Gasteiger partial charge in [0.1, 0.15) is 5.75 Å². The Kier molecular flexibility index (Phi) is 6.60. The largest absolute Gasteiger partial charge is 0.466 e. The molecular weight excluding hydrogens is 371 g/mol. The van der Waals surface area contributed by atoms with Crippen LogP contribution in [0.1, 0.15) is 18.5 Å². The van der Waals surface area contributed by atoms with Crippen molar-refractivity contribution in [2.45, 2.75) is 23.0 Å². The van der Waals surface area contributed by atoms with Crippen molar-refractivity contribution in [1.82, 2.24) is 10.6 Å². The van der Waals surface area contributed by atoms with Gasteiger partial charge in [-0.3, -0.25) is 5.32 Å². The van der Waals surface area contributed by atoms with E-state index < -0.39 is 16.1 Å². The van der Waals surface area contributed by atoms with Gasteiger partial charge in [-0.05, 0) is 24.6 Å². The van der Waals surface area contributed by atoms with Crippen LogP contribution in [0.2, 0.25) is 0 Å². The SMILES string of the molecule is C[C@@H](NC(=O)N[C@H](Oc1ccccc1)C(Cl)(Cl)Cl)c1ccccc1. The Morgan fingerprint density at radius 3 is 2.04 bits per heavy atom. The Hall–Kier alpha value is -1.62. The first-order valence-corrected chi connectivity index (χ1v) is 8.40. The van der Waals surface area contributed by atoms with Crippen LogP contribution in [0, 0.1) is 0 Å². The third-order valence-corrected chi connectivity index (χ3v) is 3.80. The van der Waals surface area contributed by atoms with Crippen molar-refractivity contribution < 1.29 is 9.53 Å². The van der Waals surface area contributed by atoms with Gasteiger partial charge in [0.05, 0.1) is 6.04 Å². The number of halogens is 3. The zero-order chi connectivity index (χ0) is 17.6. The second-order valence-electron chi connectivity index (χ2n) is 5.10. The Morgan fingerprint density at radius 2 is 1.50 bits per heavy atom. The number of carbonyl (C=O) groups is 1. The molecule has 0 fully saturated rings. The number of hydrogen-bond donors (Lipinski definition) is 2. The predicted octanol–water partition coefficient (Wildman–Crippen LogP) is 4.82. The number of hydrogen-bond acceptors (Lipinski definition) is 2. The van der Waals surface area contributed by atoms with Gasteiger partial charge < -0.3 is 10.1 Å². The van der Waals surface area contributed by atoms with Gasteiger partial charge >= 0.3 is 6.03 Å². The molecule has 24 heavy (non-hydrogen) atoms. The Morgan fingerprint density at radius 1 is 0.958 bits per heavy atom. The maximum Gasteiger partial charge on any atom is 0.318 e. The second-order valence-corrected chi connectivity index (χ2v) is 7.47. The molecule has 0 saturated carbocycles. The van der Waals surface area contributed by atoms with Crippen molar-refractivity contribution in [1.29, 1.82) is 0 Å². The zero-order valence-electron chi connectivity index (χ0n) is 12.9. The minimum atomic E-state index is -1.83. The maximum absolute atomic E-state index is 12.2. The zero-order valence-corrected chi connectivity index (χ0v) is 15.1. The highest BCUT2D eigenvalue weighted by molar-refractivity contribution is 6.68. The number of benzene rings is 2. The highest BCUT2D eigenvalue weighted by Crippen LogP contribution is 2.31. The van der Waals surface area contributed by atoms with Crippen LogP contribution in [0.4, 0.5) is 4.79 Å². The summed E-state index contributed by atoms with van der Waals surface area (Å²) in [6.45, 7) is 1.86. The molecule has 2 atom stereocenters. The summed E-state index contributed by atoms with van der Waals surface area (Å²) in [4.78, 5) is 12.2. The van der Waals surface area contributed by atoms with Gasteiger partial charge in [-0.15, -0.1) is 0 Å². The molecule has 7 heteroatoms. The summed E-state index contributed by atoms with van der Waals surface area (Å²) in [6, 6.07) is 17.6. The van der Waals surface area contributed by atoms with Gasteiger partial charge in [-0.1, -0.05) is 83.3 Å². The van der Waals surface area contributed by atoms with E-state index >= 15 is 0 Å². The number of amides is 2. The average Bonchev–Trinajstić information content (AvgIpc) is 2.55. The van der Waals surface area contributed by atoms with Gasteiger partial charge in [-0.2, -0.15) is 0 Å². The number of alkyl halides is 3. The monoisotopic (exact) mass is 386 g/mol. The lowest BCUT2D eigenvalue weighted by Gasteiger charge is -2.27. The van der Waals surface area contributed by atoms with E-state index in [9.17, 15) is 4.79 Å². The fourth-order valence-corrected chi connectivity index (χ4v) is 2.29. The maximum atomic E-state index is 12.2. The number of nitrogens with one attached hydrogen (secondary N) is 2. The summed E-state index contributed by atoms with van der Waals surface area (Å²) >= 11 is 17.7. The Balaban J connectivity index is 2.00. The van der Waals surface area contributed by atoms with Crippen molar-refractivity contribution in [2.75, 3.05) is 0 Å². The predicted molar refractivity (Wildman–Crippen MR) is 97.7 cm³/mol. The smallest absolute Gasteiger partial charge is 0.318 e. The van der Waals surface area contributed by atoms with Gasteiger partial charge in [0, 0.05) is 0 Å². The molecule has 0 heterocycles. The third-order valence-electron chi connectivity index (χ3n) is 3.20. The van der Waals surface area contributed by atoms with Crippen LogP contribution >= 0.6 is 34.8 Å². The standard InChI is InChI=1S/C17H17Cl3N2O2/c1-12(13-8-4-2-5-9-13)21-16(23)22-15(17(18,19)20)24-14-10-6-3-7-11-14/h2-12,15H,1H3,(H2,21,22,23)/t12-,15-/m1/s1. The van der Waals surface area contributed by atoms with Gasteiger partial charge in [0.25, 0.3) is 0 Å². The summed E-state index contributed by atoms with van der Waals surface area (Å²) in [5.74, 6) is 0.477. The molecule has 0 aliphatic rings. The minimum absolute atomic E-state index is 0.209. The van der Waals surface area contributed by atoms with E-state index in [1.165, 1.54) is 0 Å². The molecule has 0 aliphatic carbocycles. The van der Waals surface area contributed by atoms with E-state index in [0.717, 1.165) is 5.56 Å². The molecule has 0 aromatic heterocycles. The summed E-state index contributed by atoms with van der Waals surface area (Å²) in [7, 11) is 0. The molecule has 0 unspecified atom stereocenters. The third kappa shape index (κ3) is 5.78. The molecule has 2 N–H and O–H groups in total. The minimum Gasteiger partial charge on any atom is -0.466 e. The number of ether oxygens (including phenoxy) is 1. The Labute approximate surface area is 156 Å². The van der Waals surface area contributed by atoms with Crippen LogP contribution in [0.15, 0.2) is 60.7 Å². The summed E-state index contributed by atoms with van der Waals surface area (Å²) in [5.41, 5.74) is 0.960. The van der Waals surface area contributed by atoms with Gasteiger partial charge in [0.2, 0.25) is 10.0 Å². The molecule has 0 spiro atoms. The van der Waals surface area contributed by atoms with Crippen molar-refractivity contribution in [3.8, 4) is 5.75 Å². The first-order valence-electron chi connectivity index (χ1n) is 7.26. The molecule has 0 aliphatic heterocycles. The first kappa shape index (κ1) is 18.7. The van der Waals surface area contributed by atoms with Crippen LogP contribution in [0.3, 0.4) is 0 Å². The quantitative estimate of drug-likeness (QED) is 0.571. The van der Waals surface area contributed by atoms with Crippen LogP contribution in [-0.4, -0.2) is 16.1 Å². The highest BCUT2D eigenvalue weighted by Gasteiger charge is 2.36. The van der Waals surface area contributed by atoms with Gasteiger partial charge in [-0.25, -0.2) is 4.79 Å². The van der Waals surface area contributed by atoms with E-state index in [1.807, 2.05) is 43.3 Å². The van der Waals surface area contributed by atoms with Crippen LogP contribution in [-0.2, 0) is 0 Å². The molecule has 2 amide bonds. The van der Waals surface area contributed by atoms with E-state index in [-0.39, 0.29) is 6.04 Å². The molecule has 2 aromatic rings. The Bertz CT molecular complexity index is 648. The number of para-hydroxylation sites is 1. The fourth-order valence-electron chi connectivity index (χ4n) is 2.00. The fraction of sp³-hybridized carbons (Fsp3) is 0.235. The van der Waals surface area contributed by atoms with E-state index in [1.54, 1.807) is 24.3 Å². The van der Waals surface area contributed by atoms with E-state index in [0.29, 0.717) is 5.75 Å². The average molecular weight is 388 g/mol. The normalized spacial score (nSPS) is 13.7. The molecule has 2 aromatic carbocycles. The van der Waals surface area contributed by atoms with E-state index in [2.05, 4.69) is 10.6 Å². The highest BCUT2D eigenvalue weighted by atomic mass is 35.6. The van der Waals surface area contributed by atoms with Crippen molar-refractivity contribution in [3.05, 3.63) is 66.2 Å². The summed E-state index contributed by atoms with van der Waals surface area (Å²) < 4.78 is 3.74. The van der Waals surface area contributed by atoms with Crippen molar-refractivity contribution in [3.63, 3.8) is 0 Å². The van der Waals surface area contributed by atoms with Crippen molar-refractivity contribution in [2.24, 2.45) is 0 Å². The molecule has 0 saturated heterocycles. The van der Waals surface area contributed by atoms with E-state index in [4.69, 9.17) is 39.5 Å². The van der Waals surface area contributed by atoms with Gasteiger partial charge in [0.15, 0.2) is 0 Å². The lowest BCUT2D eigenvalue weighted by molar-refractivity contribution is 0.164. The van der Waals surface area contributed by atoms with Crippen LogP contribution in [0.25, 0.3) is 0 Å². The van der Waals surface area contributed by atoms with Crippen LogP contribution in [0.5, 0.6) is 5.75 Å². The molecular formula is C17H17Cl3N2O2. The lowest BCUT2D eigenvalue weighted by Crippen LogP contribution is -2.51. The molecule has 4 nitrogen and oxygen atoms in total. The molecule has 128 valence electrons. The van der Waals surface area contributed by atoms with Crippen molar-refractivity contribution >= 4 is 40.8 Å². The van der Waals surface area contributed by atoms with Crippen LogP contribution < -0.4 is 15.4 Å². The molecule has 2 rings (SSSR count). The number of carbonyl (C=O) groups excluding carboxylic acids is 1. The number of rotatable bonds is 5. The number of urea groups is 1. The summed E-state index contributed by atoms with van der Waals surface area (Å²) in [6.07, 6.45) is -1.15. The lowest BCUT2D eigenvalue weighted by atomic mass is 10.1. The topological polar surface area (TPSA) is 50.4 Å². The molecule has 0 radical (unpaired) electrons.